The van der Waals surface area contributed by atoms with Crippen LogP contribution in [0.1, 0.15) is 38.1 Å². The molecular weight excluding hydrogens is 466 g/mol. The van der Waals surface area contributed by atoms with Crippen LogP contribution >= 0.6 is 11.6 Å². The maximum atomic E-state index is 12.7. The number of esters is 1. The summed E-state index contributed by atoms with van der Waals surface area (Å²) < 4.78 is 11.1. The molecule has 0 radical (unpaired) electrons. The molecule has 1 atom stereocenters. The molecule has 3 aromatic rings. The van der Waals surface area contributed by atoms with Gasteiger partial charge in [-0.05, 0) is 47.5 Å². The van der Waals surface area contributed by atoms with Crippen LogP contribution in [0.15, 0.2) is 72.9 Å². The van der Waals surface area contributed by atoms with Crippen molar-refractivity contribution in [3.05, 3.63) is 100 Å². The summed E-state index contributed by atoms with van der Waals surface area (Å²) in [6.45, 7) is 3.86. The summed E-state index contributed by atoms with van der Waals surface area (Å²) in [6, 6.07) is 20.3. The maximum Gasteiger partial charge on any atom is 0.337 e. The highest BCUT2D eigenvalue weighted by molar-refractivity contribution is 6.30. The van der Waals surface area contributed by atoms with E-state index in [-0.39, 0.29) is 18.0 Å². The smallest absolute Gasteiger partial charge is 0.337 e. The molecule has 0 saturated carbocycles. The molecule has 1 aromatic heterocycles. The quantitative estimate of drug-likeness (QED) is 0.437. The van der Waals surface area contributed by atoms with E-state index < -0.39 is 0 Å². The molecule has 8 heteroatoms. The van der Waals surface area contributed by atoms with Crippen molar-refractivity contribution in [3.8, 4) is 0 Å². The van der Waals surface area contributed by atoms with Crippen molar-refractivity contribution in [3.63, 3.8) is 0 Å². The predicted octanol–water partition coefficient (Wildman–Crippen LogP) is 4.24. The predicted molar refractivity (Wildman–Crippen MR) is 133 cm³/mol. The molecule has 182 valence electrons. The molecule has 1 aliphatic rings. The highest BCUT2D eigenvalue weighted by atomic mass is 35.5. The van der Waals surface area contributed by atoms with Gasteiger partial charge in [-0.25, -0.2) is 4.79 Å². The summed E-state index contributed by atoms with van der Waals surface area (Å²) in [6.07, 6.45) is 1.46. The molecule has 35 heavy (non-hydrogen) atoms. The molecule has 0 aliphatic carbocycles. The number of ether oxygens (including phenoxy) is 2. The van der Waals surface area contributed by atoms with Crippen molar-refractivity contribution in [1.29, 1.82) is 0 Å². The van der Waals surface area contributed by atoms with Gasteiger partial charge in [0.25, 0.3) is 5.91 Å². The number of amides is 1. The number of halogens is 1. The highest BCUT2D eigenvalue weighted by Gasteiger charge is 2.25. The van der Waals surface area contributed by atoms with Gasteiger partial charge in [-0.1, -0.05) is 41.9 Å². The first-order chi connectivity index (χ1) is 17.0. The first-order valence-electron chi connectivity index (χ1n) is 11.5. The summed E-state index contributed by atoms with van der Waals surface area (Å²) in [5.41, 5.74) is 2.97. The van der Waals surface area contributed by atoms with E-state index in [1.54, 1.807) is 30.5 Å². The van der Waals surface area contributed by atoms with Gasteiger partial charge in [-0.15, -0.1) is 0 Å². The lowest BCUT2D eigenvalue weighted by molar-refractivity contribution is 0.00334. The summed E-state index contributed by atoms with van der Waals surface area (Å²) in [7, 11) is 1.37. The average Bonchev–Trinajstić information content (AvgIpc) is 2.92. The third kappa shape index (κ3) is 6.66. The monoisotopic (exact) mass is 493 g/mol. The van der Waals surface area contributed by atoms with Crippen LogP contribution in [0.25, 0.3) is 0 Å². The molecule has 7 nitrogen and oxygen atoms in total. The Balaban J connectivity index is 1.38. The molecular formula is C27H28ClN3O4. The molecule has 1 aliphatic heterocycles. The Hall–Kier alpha value is -3.26. The summed E-state index contributed by atoms with van der Waals surface area (Å²) in [4.78, 5) is 32.7. The number of aromatic nitrogens is 1. The van der Waals surface area contributed by atoms with Gasteiger partial charge in [-0.2, -0.15) is 0 Å². The van der Waals surface area contributed by atoms with Crippen LogP contribution in [0.3, 0.4) is 0 Å². The van der Waals surface area contributed by atoms with E-state index in [0.717, 1.165) is 24.2 Å². The number of carbonyl (C=O) groups excluding carboxylic acids is 2. The number of carbonyl (C=O) groups is 2. The van der Waals surface area contributed by atoms with Gasteiger partial charge < -0.3 is 14.4 Å². The van der Waals surface area contributed by atoms with E-state index in [9.17, 15) is 9.59 Å². The number of hydrogen-bond acceptors (Lipinski definition) is 6. The van der Waals surface area contributed by atoms with Gasteiger partial charge in [0.2, 0.25) is 0 Å². The molecule has 1 amide bonds. The standard InChI is InChI=1S/C27H28ClN3O4/c1-34-27(33)22-7-5-20(6-8-22)19-35-25(21-9-11-23(28)12-10-21)18-30-14-16-31(17-15-30)26(32)24-4-2-3-13-29-24/h2-13,25H,14-19H2,1H3. The first-order valence-corrected chi connectivity index (χ1v) is 11.9. The first kappa shape index (κ1) is 24.9. The van der Waals surface area contributed by atoms with Gasteiger partial charge in [0, 0.05) is 43.9 Å². The van der Waals surface area contributed by atoms with Crippen LogP contribution in [0.4, 0.5) is 0 Å². The average molecular weight is 494 g/mol. The molecule has 2 heterocycles. The van der Waals surface area contributed by atoms with Crippen LogP contribution < -0.4 is 0 Å². The van der Waals surface area contributed by atoms with Crippen molar-refractivity contribution >= 4 is 23.5 Å². The van der Waals surface area contributed by atoms with Crippen molar-refractivity contribution < 1.29 is 19.1 Å². The van der Waals surface area contributed by atoms with Gasteiger partial charge in [0.15, 0.2) is 0 Å². The molecule has 1 saturated heterocycles. The van der Waals surface area contributed by atoms with Crippen LogP contribution in [-0.4, -0.2) is 66.5 Å². The zero-order valence-electron chi connectivity index (χ0n) is 19.6. The van der Waals surface area contributed by atoms with Gasteiger partial charge >= 0.3 is 5.97 Å². The molecule has 1 unspecified atom stereocenters. The summed E-state index contributed by atoms with van der Waals surface area (Å²) >= 11 is 6.10. The lowest BCUT2D eigenvalue weighted by Gasteiger charge is -2.36. The minimum Gasteiger partial charge on any atom is -0.465 e. The van der Waals surface area contributed by atoms with Crippen molar-refractivity contribution in [1.82, 2.24) is 14.8 Å². The van der Waals surface area contributed by atoms with Gasteiger partial charge in [-0.3, -0.25) is 14.7 Å². The minimum atomic E-state index is -0.364. The molecule has 4 rings (SSSR count). The van der Waals surface area contributed by atoms with Gasteiger partial charge in [0.05, 0.1) is 25.4 Å². The fourth-order valence-electron chi connectivity index (χ4n) is 4.00. The fraction of sp³-hybridized carbons (Fsp3) is 0.296. The van der Waals surface area contributed by atoms with Crippen LogP contribution in [-0.2, 0) is 16.1 Å². The minimum absolute atomic E-state index is 0.0360. The summed E-state index contributed by atoms with van der Waals surface area (Å²) in [5.74, 6) is -0.400. The largest absolute Gasteiger partial charge is 0.465 e. The Morgan fingerprint density at radius 2 is 1.69 bits per heavy atom. The highest BCUT2D eigenvalue weighted by Crippen LogP contribution is 2.24. The zero-order chi connectivity index (χ0) is 24.6. The number of rotatable bonds is 8. The maximum absolute atomic E-state index is 12.7. The third-order valence-corrected chi connectivity index (χ3v) is 6.29. The van der Waals surface area contributed by atoms with E-state index in [1.165, 1.54) is 7.11 Å². The fourth-order valence-corrected chi connectivity index (χ4v) is 4.13. The third-order valence-electron chi connectivity index (χ3n) is 6.04. The number of hydrogen-bond donors (Lipinski definition) is 0. The Bertz CT molecular complexity index is 1120. The normalized spacial score (nSPS) is 15.0. The second-order valence-corrected chi connectivity index (χ2v) is 8.78. The zero-order valence-corrected chi connectivity index (χ0v) is 20.4. The number of piperazine rings is 1. The van der Waals surface area contributed by atoms with Crippen molar-refractivity contribution in [2.24, 2.45) is 0 Å². The van der Waals surface area contributed by atoms with E-state index in [1.807, 2.05) is 47.4 Å². The number of benzene rings is 2. The van der Waals surface area contributed by atoms with E-state index >= 15 is 0 Å². The topological polar surface area (TPSA) is 72.0 Å². The lowest BCUT2D eigenvalue weighted by atomic mass is 10.1. The summed E-state index contributed by atoms with van der Waals surface area (Å²) in [5, 5.41) is 0.674. The van der Waals surface area contributed by atoms with Crippen LogP contribution in [0.5, 0.6) is 0 Å². The Morgan fingerprint density at radius 3 is 2.31 bits per heavy atom. The lowest BCUT2D eigenvalue weighted by Crippen LogP contribution is -2.49. The molecule has 0 N–H and O–H groups in total. The van der Waals surface area contributed by atoms with E-state index in [0.29, 0.717) is 42.5 Å². The van der Waals surface area contributed by atoms with Gasteiger partial charge in [0.1, 0.15) is 5.69 Å². The molecule has 1 fully saturated rings. The SMILES string of the molecule is COC(=O)c1ccc(COC(CN2CCN(C(=O)c3ccccn3)CC2)c2ccc(Cl)cc2)cc1. The Kier molecular flexibility index (Phi) is 8.47. The Morgan fingerprint density at radius 1 is 0.971 bits per heavy atom. The van der Waals surface area contributed by atoms with E-state index in [2.05, 4.69) is 9.88 Å². The second-order valence-electron chi connectivity index (χ2n) is 8.35. The molecule has 0 bridgehead atoms. The molecule has 0 spiro atoms. The van der Waals surface area contributed by atoms with Crippen LogP contribution in [0.2, 0.25) is 5.02 Å². The number of pyridine rings is 1. The van der Waals surface area contributed by atoms with Crippen molar-refractivity contribution in [2.75, 3.05) is 39.8 Å². The number of nitrogens with zero attached hydrogens (tertiary/aromatic N) is 3. The second kappa shape index (κ2) is 11.9. The Labute approximate surface area is 210 Å². The van der Waals surface area contributed by atoms with Crippen molar-refractivity contribution in [2.45, 2.75) is 12.7 Å². The van der Waals surface area contributed by atoms with E-state index in [4.69, 9.17) is 21.1 Å². The molecule has 2 aromatic carbocycles. The number of methoxy groups -OCH3 is 1. The van der Waals surface area contributed by atoms with Crippen LogP contribution in [0, 0.1) is 0 Å².